The van der Waals surface area contributed by atoms with E-state index in [1.807, 2.05) is 0 Å². The second-order valence-electron chi connectivity index (χ2n) is 3.05. The van der Waals surface area contributed by atoms with Crippen molar-refractivity contribution in [3.8, 4) is 5.69 Å². The van der Waals surface area contributed by atoms with Crippen LogP contribution in [-0.2, 0) is 0 Å². The molecule has 1 heterocycles. The van der Waals surface area contributed by atoms with Gasteiger partial charge >= 0.3 is 5.69 Å². The SMILES string of the molecule is NC(=O)c1cccc(-n2cc[nH]c2=O)c1. The van der Waals surface area contributed by atoms with Crippen LogP contribution < -0.4 is 11.4 Å². The van der Waals surface area contributed by atoms with Gasteiger partial charge in [0.1, 0.15) is 0 Å². The van der Waals surface area contributed by atoms with E-state index in [2.05, 4.69) is 4.98 Å². The van der Waals surface area contributed by atoms with Crippen LogP contribution in [0.25, 0.3) is 5.69 Å². The molecule has 5 heteroatoms. The van der Waals surface area contributed by atoms with E-state index in [0.717, 1.165) is 0 Å². The molecule has 0 aliphatic carbocycles. The number of aromatic amines is 1. The van der Waals surface area contributed by atoms with Crippen LogP contribution in [0.4, 0.5) is 0 Å². The maximum Gasteiger partial charge on any atom is 0.330 e. The fourth-order valence-electron chi connectivity index (χ4n) is 1.33. The molecular formula is C10H9N3O2. The van der Waals surface area contributed by atoms with Gasteiger partial charge in [0, 0.05) is 18.0 Å². The number of carbonyl (C=O) groups excluding carboxylic acids is 1. The van der Waals surface area contributed by atoms with E-state index in [0.29, 0.717) is 11.3 Å². The first-order valence-electron chi connectivity index (χ1n) is 4.35. The maximum absolute atomic E-state index is 11.3. The number of hydrogen-bond acceptors (Lipinski definition) is 2. The summed E-state index contributed by atoms with van der Waals surface area (Å²) in [5.41, 5.74) is 5.87. The third kappa shape index (κ3) is 1.67. The molecule has 0 bridgehead atoms. The summed E-state index contributed by atoms with van der Waals surface area (Å²) in [6.07, 6.45) is 3.11. The molecule has 1 amide bonds. The number of nitrogens with zero attached hydrogens (tertiary/aromatic N) is 1. The molecule has 1 aromatic heterocycles. The molecule has 0 spiro atoms. The van der Waals surface area contributed by atoms with Crippen molar-refractivity contribution in [3.05, 3.63) is 52.7 Å². The van der Waals surface area contributed by atoms with E-state index < -0.39 is 5.91 Å². The van der Waals surface area contributed by atoms with Crippen molar-refractivity contribution in [3.63, 3.8) is 0 Å². The average molecular weight is 203 g/mol. The highest BCUT2D eigenvalue weighted by molar-refractivity contribution is 5.93. The third-order valence-corrected chi connectivity index (χ3v) is 2.06. The highest BCUT2D eigenvalue weighted by atomic mass is 16.1. The maximum atomic E-state index is 11.3. The van der Waals surface area contributed by atoms with Crippen LogP contribution in [0.1, 0.15) is 10.4 Å². The number of hydrogen-bond donors (Lipinski definition) is 2. The van der Waals surface area contributed by atoms with Gasteiger partial charge in [-0.2, -0.15) is 0 Å². The smallest absolute Gasteiger partial charge is 0.330 e. The second kappa shape index (κ2) is 3.45. The van der Waals surface area contributed by atoms with Crippen LogP contribution in [0.5, 0.6) is 0 Å². The predicted octanol–water partition coefficient (Wildman–Crippen LogP) is 0.264. The Labute approximate surface area is 85.2 Å². The number of H-pyrrole nitrogens is 1. The van der Waals surface area contributed by atoms with Crippen LogP contribution in [0.2, 0.25) is 0 Å². The topological polar surface area (TPSA) is 80.9 Å². The summed E-state index contributed by atoms with van der Waals surface area (Å²) >= 11 is 0. The molecule has 0 saturated carbocycles. The average Bonchev–Trinajstić information content (AvgIpc) is 2.64. The molecule has 5 nitrogen and oxygen atoms in total. The standard InChI is InChI=1S/C10H9N3O2/c11-9(14)7-2-1-3-8(6-7)13-5-4-12-10(13)15/h1-6H,(H2,11,14)(H,12,15). The summed E-state index contributed by atoms with van der Waals surface area (Å²) in [4.78, 5) is 24.7. The molecule has 2 aromatic rings. The van der Waals surface area contributed by atoms with Crippen LogP contribution in [0.3, 0.4) is 0 Å². The number of primary amides is 1. The number of imidazole rings is 1. The van der Waals surface area contributed by atoms with Crippen molar-refractivity contribution < 1.29 is 4.79 Å². The number of aromatic nitrogens is 2. The Bertz CT molecular complexity index is 554. The molecule has 0 aliphatic rings. The van der Waals surface area contributed by atoms with E-state index in [-0.39, 0.29) is 5.69 Å². The van der Waals surface area contributed by atoms with E-state index >= 15 is 0 Å². The Hall–Kier alpha value is -2.30. The van der Waals surface area contributed by atoms with Crippen LogP contribution in [-0.4, -0.2) is 15.5 Å². The molecule has 0 radical (unpaired) electrons. The molecule has 0 saturated heterocycles. The van der Waals surface area contributed by atoms with E-state index in [1.165, 1.54) is 10.8 Å². The van der Waals surface area contributed by atoms with Gasteiger partial charge in [0.2, 0.25) is 5.91 Å². The fraction of sp³-hybridized carbons (Fsp3) is 0. The largest absolute Gasteiger partial charge is 0.366 e. The van der Waals surface area contributed by atoms with Crippen molar-refractivity contribution in [1.82, 2.24) is 9.55 Å². The molecule has 76 valence electrons. The zero-order chi connectivity index (χ0) is 10.8. The molecule has 15 heavy (non-hydrogen) atoms. The molecule has 0 unspecified atom stereocenters. The summed E-state index contributed by atoms with van der Waals surface area (Å²) in [5.74, 6) is -0.513. The minimum atomic E-state index is -0.513. The van der Waals surface area contributed by atoms with Crippen molar-refractivity contribution >= 4 is 5.91 Å². The lowest BCUT2D eigenvalue weighted by atomic mass is 10.2. The second-order valence-corrected chi connectivity index (χ2v) is 3.05. The van der Waals surface area contributed by atoms with Gasteiger partial charge in [-0.15, -0.1) is 0 Å². The van der Waals surface area contributed by atoms with Gasteiger partial charge in [0.15, 0.2) is 0 Å². The quantitative estimate of drug-likeness (QED) is 0.734. The Morgan fingerprint density at radius 3 is 2.80 bits per heavy atom. The van der Waals surface area contributed by atoms with E-state index in [4.69, 9.17) is 5.73 Å². The summed E-state index contributed by atoms with van der Waals surface area (Å²) < 4.78 is 1.40. The van der Waals surface area contributed by atoms with Crippen LogP contribution >= 0.6 is 0 Å². The van der Waals surface area contributed by atoms with Crippen molar-refractivity contribution in [2.24, 2.45) is 5.73 Å². The van der Waals surface area contributed by atoms with Crippen LogP contribution in [0, 0.1) is 0 Å². The first-order chi connectivity index (χ1) is 7.18. The highest BCUT2D eigenvalue weighted by Gasteiger charge is 2.03. The first kappa shape index (κ1) is 9.26. The molecule has 0 fully saturated rings. The van der Waals surface area contributed by atoms with Gasteiger partial charge < -0.3 is 10.7 Å². The van der Waals surface area contributed by atoms with Crippen LogP contribution in [0.15, 0.2) is 41.5 Å². The Morgan fingerprint density at radius 1 is 1.40 bits per heavy atom. The van der Waals surface area contributed by atoms with Gasteiger partial charge in [-0.1, -0.05) is 6.07 Å². The summed E-state index contributed by atoms with van der Waals surface area (Å²) in [5, 5.41) is 0. The van der Waals surface area contributed by atoms with Crippen molar-refractivity contribution in [1.29, 1.82) is 0 Å². The van der Waals surface area contributed by atoms with Crippen molar-refractivity contribution in [2.75, 3.05) is 0 Å². The van der Waals surface area contributed by atoms with Gasteiger partial charge in [-0.3, -0.25) is 9.36 Å². The highest BCUT2D eigenvalue weighted by Crippen LogP contribution is 2.07. The summed E-state index contributed by atoms with van der Waals surface area (Å²) in [7, 11) is 0. The first-order valence-corrected chi connectivity index (χ1v) is 4.35. The minimum absolute atomic E-state index is 0.253. The Morgan fingerprint density at radius 2 is 2.20 bits per heavy atom. The lowest BCUT2D eigenvalue weighted by molar-refractivity contribution is 0.100. The molecule has 2 rings (SSSR count). The van der Waals surface area contributed by atoms with E-state index in [1.54, 1.807) is 30.5 Å². The Balaban J connectivity index is 2.55. The fourth-order valence-corrected chi connectivity index (χ4v) is 1.33. The van der Waals surface area contributed by atoms with Gasteiger partial charge in [-0.05, 0) is 18.2 Å². The minimum Gasteiger partial charge on any atom is -0.366 e. The molecule has 1 aromatic carbocycles. The predicted molar refractivity (Wildman–Crippen MR) is 54.9 cm³/mol. The number of amides is 1. The lowest BCUT2D eigenvalue weighted by Crippen LogP contribution is -2.16. The van der Waals surface area contributed by atoms with Gasteiger partial charge in [0.05, 0.1) is 5.69 Å². The molecule has 3 N–H and O–H groups in total. The summed E-state index contributed by atoms with van der Waals surface area (Å²) in [6.45, 7) is 0. The number of rotatable bonds is 2. The number of nitrogens with two attached hydrogens (primary N) is 1. The Kier molecular flexibility index (Phi) is 2.13. The van der Waals surface area contributed by atoms with Gasteiger partial charge in [0.25, 0.3) is 0 Å². The molecular weight excluding hydrogens is 194 g/mol. The van der Waals surface area contributed by atoms with E-state index in [9.17, 15) is 9.59 Å². The van der Waals surface area contributed by atoms with Gasteiger partial charge in [-0.25, -0.2) is 4.79 Å². The monoisotopic (exact) mass is 203 g/mol. The van der Waals surface area contributed by atoms with Crippen molar-refractivity contribution in [2.45, 2.75) is 0 Å². The number of nitrogens with one attached hydrogen (secondary N) is 1. The summed E-state index contributed by atoms with van der Waals surface area (Å²) in [6, 6.07) is 6.57. The zero-order valence-electron chi connectivity index (χ0n) is 7.81. The normalized spacial score (nSPS) is 10.1. The zero-order valence-corrected chi connectivity index (χ0v) is 7.81. The third-order valence-electron chi connectivity index (χ3n) is 2.06. The number of carbonyl (C=O) groups is 1. The molecule has 0 atom stereocenters. The number of benzene rings is 1. The molecule has 0 aliphatic heterocycles. The lowest BCUT2D eigenvalue weighted by Gasteiger charge is -2.02.